The zero-order chi connectivity index (χ0) is 13.3. The van der Waals surface area contributed by atoms with Gasteiger partial charge in [0.2, 0.25) is 21.8 Å². The molecule has 0 saturated carbocycles. The molecule has 1 fully saturated rings. The Morgan fingerprint density at radius 2 is 2.22 bits per heavy atom. The molecule has 1 aliphatic heterocycles. The molecule has 1 atom stereocenters. The first-order valence-corrected chi connectivity index (χ1v) is 6.75. The van der Waals surface area contributed by atoms with E-state index in [0.29, 0.717) is 0 Å². The maximum Gasteiger partial charge on any atom is 0.247 e. The highest BCUT2D eigenvalue weighted by Crippen LogP contribution is 2.20. The minimum atomic E-state index is -3.89. The van der Waals surface area contributed by atoms with Gasteiger partial charge >= 0.3 is 0 Å². The van der Waals surface area contributed by atoms with Gasteiger partial charge in [-0.3, -0.25) is 20.0 Å². The number of carbonyl (C=O) groups excluding carboxylic acids is 2. The van der Waals surface area contributed by atoms with Crippen molar-refractivity contribution in [2.45, 2.75) is 24.3 Å². The number of carbonyl (C=O) groups is 2. The number of hydrogen-bond acceptors (Lipinski definition) is 5. The molecule has 0 radical (unpaired) electrons. The van der Waals surface area contributed by atoms with Crippen LogP contribution in [0.4, 0.5) is 0 Å². The predicted octanol–water partition coefficient (Wildman–Crippen LogP) is -1.16. The lowest BCUT2D eigenvalue weighted by Crippen LogP contribution is -2.59. The van der Waals surface area contributed by atoms with Gasteiger partial charge in [-0.2, -0.15) is 9.40 Å². The van der Waals surface area contributed by atoms with E-state index in [0.717, 1.165) is 10.5 Å². The number of nitrogens with zero attached hydrogens (tertiary/aromatic N) is 2. The van der Waals surface area contributed by atoms with Gasteiger partial charge in [0.1, 0.15) is 10.9 Å². The molecule has 2 heterocycles. The monoisotopic (exact) mass is 272 g/mol. The Bertz CT molecular complexity index is 565. The van der Waals surface area contributed by atoms with Crippen molar-refractivity contribution in [2.24, 2.45) is 0 Å². The fourth-order valence-electron chi connectivity index (χ4n) is 1.80. The van der Waals surface area contributed by atoms with E-state index in [1.807, 2.05) is 0 Å². The minimum absolute atomic E-state index is 0.0662. The standard InChI is InChI=1S/C9H12N4O4S/c1-2-7-9(15)12-8(14)5-13(7)18(16,17)6-3-10-11-4-6/h3-4,7H,2,5H2,1H3,(H,10,11)(H,12,14,15). The summed E-state index contributed by atoms with van der Waals surface area (Å²) in [5.41, 5.74) is 0. The van der Waals surface area contributed by atoms with Crippen LogP contribution in [0.1, 0.15) is 13.3 Å². The fourth-order valence-corrected chi connectivity index (χ4v) is 3.33. The van der Waals surface area contributed by atoms with E-state index in [9.17, 15) is 18.0 Å². The van der Waals surface area contributed by atoms with Crippen LogP contribution in [0, 0.1) is 0 Å². The number of aromatic amines is 1. The van der Waals surface area contributed by atoms with Crippen LogP contribution in [0.5, 0.6) is 0 Å². The van der Waals surface area contributed by atoms with Crippen LogP contribution in [0.3, 0.4) is 0 Å². The number of H-pyrrole nitrogens is 1. The van der Waals surface area contributed by atoms with Crippen molar-refractivity contribution in [1.82, 2.24) is 19.8 Å². The van der Waals surface area contributed by atoms with E-state index in [1.54, 1.807) is 6.92 Å². The smallest absolute Gasteiger partial charge is 0.247 e. The molecule has 8 nitrogen and oxygen atoms in total. The maximum absolute atomic E-state index is 12.2. The molecule has 1 aliphatic rings. The van der Waals surface area contributed by atoms with Crippen molar-refractivity contribution < 1.29 is 18.0 Å². The molecule has 0 bridgehead atoms. The topological polar surface area (TPSA) is 112 Å². The largest absolute Gasteiger partial charge is 0.294 e. The highest BCUT2D eigenvalue weighted by molar-refractivity contribution is 7.89. The summed E-state index contributed by atoms with van der Waals surface area (Å²) in [5, 5.41) is 8.07. The van der Waals surface area contributed by atoms with Crippen molar-refractivity contribution in [3.63, 3.8) is 0 Å². The van der Waals surface area contributed by atoms with Crippen LogP contribution < -0.4 is 5.32 Å². The zero-order valence-corrected chi connectivity index (χ0v) is 10.4. The normalized spacial score (nSPS) is 21.9. The molecule has 1 aromatic rings. The molecule has 9 heteroatoms. The van der Waals surface area contributed by atoms with Crippen molar-refractivity contribution in [3.8, 4) is 0 Å². The van der Waals surface area contributed by atoms with E-state index in [1.165, 1.54) is 6.20 Å². The van der Waals surface area contributed by atoms with Gasteiger partial charge in [-0.25, -0.2) is 8.42 Å². The molecular formula is C9H12N4O4S. The van der Waals surface area contributed by atoms with Gasteiger partial charge in [0, 0.05) is 6.20 Å². The van der Waals surface area contributed by atoms with Crippen LogP contribution >= 0.6 is 0 Å². The van der Waals surface area contributed by atoms with E-state index >= 15 is 0 Å². The number of aromatic nitrogens is 2. The van der Waals surface area contributed by atoms with Gasteiger partial charge in [0.25, 0.3) is 0 Å². The fraction of sp³-hybridized carbons (Fsp3) is 0.444. The molecule has 1 unspecified atom stereocenters. The van der Waals surface area contributed by atoms with Gasteiger partial charge in [-0.1, -0.05) is 6.92 Å². The zero-order valence-electron chi connectivity index (χ0n) is 9.58. The SMILES string of the molecule is CCC1C(=O)NC(=O)CN1S(=O)(=O)c1cn[nH]c1. The van der Waals surface area contributed by atoms with Crippen LogP contribution in [0.25, 0.3) is 0 Å². The predicted molar refractivity (Wildman–Crippen MR) is 59.7 cm³/mol. The summed E-state index contributed by atoms with van der Waals surface area (Å²) in [6.45, 7) is 1.32. The summed E-state index contributed by atoms with van der Waals surface area (Å²) in [5.74, 6) is -1.22. The van der Waals surface area contributed by atoms with E-state index < -0.39 is 27.9 Å². The summed E-state index contributed by atoms with van der Waals surface area (Å²) >= 11 is 0. The van der Waals surface area contributed by atoms with Gasteiger partial charge in [-0.05, 0) is 6.42 Å². The first-order valence-electron chi connectivity index (χ1n) is 5.31. The van der Waals surface area contributed by atoms with Crippen LogP contribution in [0.2, 0.25) is 0 Å². The number of nitrogens with one attached hydrogen (secondary N) is 2. The Kier molecular flexibility index (Phi) is 3.18. The Morgan fingerprint density at radius 1 is 1.50 bits per heavy atom. The number of amides is 2. The lowest BCUT2D eigenvalue weighted by Gasteiger charge is -2.31. The molecular weight excluding hydrogens is 260 g/mol. The number of piperazine rings is 1. The molecule has 2 rings (SSSR count). The quantitative estimate of drug-likeness (QED) is 0.674. The molecule has 0 aromatic carbocycles. The summed E-state index contributed by atoms with van der Waals surface area (Å²) in [6.07, 6.45) is 2.63. The van der Waals surface area contributed by atoms with Crippen LogP contribution in [-0.2, 0) is 19.6 Å². The Balaban J connectivity index is 2.41. The van der Waals surface area contributed by atoms with Gasteiger partial charge < -0.3 is 0 Å². The first-order chi connectivity index (χ1) is 8.46. The molecule has 18 heavy (non-hydrogen) atoms. The third-order valence-electron chi connectivity index (χ3n) is 2.68. The summed E-state index contributed by atoms with van der Waals surface area (Å²) in [6, 6.07) is -0.873. The Hall–Kier alpha value is -1.74. The van der Waals surface area contributed by atoms with Crippen molar-refractivity contribution >= 4 is 21.8 Å². The summed E-state index contributed by atoms with van der Waals surface area (Å²) < 4.78 is 25.4. The lowest BCUT2D eigenvalue weighted by atomic mass is 10.2. The average molecular weight is 272 g/mol. The van der Waals surface area contributed by atoms with Gasteiger partial charge in [0.15, 0.2) is 0 Å². The molecule has 98 valence electrons. The Labute approximate surface area is 103 Å². The maximum atomic E-state index is 12.2. The number of hydrogen-bond donors (Lipinski definition) is 2. The lowest BCUT2D eigenvalue weighted by molar-refractivity contribution is -0.137. The first kappa shape index (κ1) is 12.7. The molecule has 1 saturated heterocycles. The third-order valence-corrected chi connectivity index (χ3v) is 4.50. The number of imide groups is 1. The molecule has 0 aliphatic carbocycles. The van der Waals surface area contributed by atoms with Gasteiger partial charge in [0.05, 0.1) is 12.7 Å². The third kappa shape index (κ3) is 2.02. The molecule has 2 N–H and O–H groups in total. The van der Waals surface area contributed by atoms with E-state index in [2.05, 4.69) is 15.5 Å². The van der Waals surface area contributed by atoms with Crippen molar-refractivity contribution in [2.75, 3.05) is 6.54 Å². The molecule has 1 aromatic heterocycles. The van der Waals surface area contributed by atoms with E-state index in [-0.39, 0.29) is 17.9 Å². The minimum Gasteiger partial charge on any atom is -0.294 e. The highest BCUT2D eigenvalue weighted by Gasteiger charge is 2.40. The second-order valence-electron chi connectivity index (χ2n) is 3.82. The van der Waals surface area contributed by atoms with Crippen molar-refractivity contribution in [3.05, 3.63) is 12.4 Å². The van der Waals surface area contributed by atoms with Gasteiger partial charge in [-0.15, -0.1) is 0 Å². The van der Waals surface area contributed by atoms with Crippen molar-refractivity contribution in [1.29, 1.82) is 0 Å². The number of sulfonamides is 1. The second-order valence-corrected chi connectivity index (χ2v) is 5.71. The second kappa shape index (κ2) is 4.50. The highest BCUT2D eigenvalue weighted by atomic mass is 32.2. The number of rotatable bonds is 3. The van der Waals surface area contributed by atoms with Crippen LogP contribution in [-0.4, -0.2) is 47.3 Å². The summed E-state index contributed by atoms with van der Waals surface area (Å²) in [7, 11) is -3.89. The van der Waals surface area contributed by atoms with Crippen LogP contribution in [0.15, 0.2) is 17.3 Å². The molecule has 2 amide bonds. The average Bonchev–Trinajstić information content (AvgIpc) is 2.82. The Morgan fingerprint density at radius 3 is 2.78 bits per heavy atom. The van der Waals surface area contributed by atoms with E-state index in [4.69, 9.17) is 0 Å². The summed E-state index contributed by atoms with van der Waals surface area (Å²) in [4.78, 5) is 22.8. The molecule has 0 spiro atoms.